The molecule has 0 saturated heterocycles. The molecule has 0 fully saturated rings. The van der Waals surface area contributed by atoms with Crippen molar-refractivity contribution in [1.82, 2.24) is 15.2 Å². The van der Waals surface area contributed by atoms with Gasteiger partial charge >= 0.3 is 0 Å². The molecule has 7 nitrogen and oxygen atoms in total. The van der Waals surface area contributed by atoms with Crippen LogP contribution in [0.15, 0.2) is 23.0 Å². The lowest BCUT2D eigenvalue weighted by molar-refractivity contribution is 0.0945. The summed E-state index contributed by atoms with van der Waals surface area (Å²) in [7, 11) is 0. The minimum atomic E-state index is -0.965. The fourth-order valence-electron chi connectivity index (χ4n) is 3.78. The summed E-state index contributed by atoms with van der Waals surface area (Å²) in [4.78, 5) is 37.0. The van der Waals surface area contributed by atoms with Crippen LogP contribution in [-0.2, 0) is 6.54 Å². The van der Waals surface area contributed by atoms with E-state index in [1.54, 1.807) is 0 Å². The number of pyridine rings is 1. The monoisotopic (exact) mass is 405 g/mol. The lowest BCUT2D eigenvalue weighted by Crippen LogP contribution is -2.34. The molecule has 2 heterocycles. The van der Waals surface area contributed by atoms with Crippen molar-refractivity contribution < 1.29 is 23.5 Å². The summed E-state index contributed by atoms with van der Waals surface area (Å²) >= 11 is 0. The highest BCUT2D eigenvalue weighted by atomic mass is 19.1. The Hall–Kier alpha value is -3.07. The highest BCUT2D eigenvalue weighted by Crippen LogP contribution is 2.38. The fraction of sp³-hybridized carbons (Fsp3) is 0.350. The van der Waals surface area contributed by atoms with Gasteiger partial charge in [-0.05, 0) is 26.0 Å². The molecule has 1 amide bonds. The molecule has 29 heavy (non-hydrogen) atoms. The number of fused-ring (bicyclic) bond motifs is 1. The standard InChI is InChI=1S/C20H21F2N3O4/c1-3-23-14-6-10(2)25-15(9-26)18(27)19(28)16(17(14)25)20(29)24-8-11-4-5-12(21)7-13(11)22/h4-5,7,9-10,14,23,27H,3,6,8H2,1-2H3,(H,24,29)/t10-,14+/m0/s1. The van der Waals surface area contributed by atoms with Crippen LogP contribution in [0.4, 0.5) is 8.78 Å². The second-order valence-corrected chi connectivity index (χ2v) is 6.92. The number of carbonyl (C=O) groups is 2. The average molecular weight is 405 g/mol. The third-order valence-corrected chi connectivity index (χ3v) is 5.05. The molecule has 0 radical (unpaired) electrons. The first-order valence-corrected chi connectivity index (χ1v) is 9.22. The zero-order chi connectivity index (χ0) is 21.3. The number of carbonyl (C=O) groups excluding carboxylic acids is 2. The summed E-state index contributed by atoms with van der Waals surface area (Å²) in [6, 6.07) is 2.35. The van der Waals surface area contributed by atoms with Crippen molar-refractivity contribution in [3.05, 3.63) is 62.6 Å². The molecule has 0 unspecified atom stereocenters. The Balaban J connectivity index is 2.04. The van der Waals surface area contributed by atoms with Crippen LogP contribution >= 0.6 is 0 Å². The van der Waals surface area contributed by atoms with Gasteiger partial charge in [0, 0.05) is 24.2 Å². The Bertz CT molecular complexity index is 1040. The van der Waals surface area contributed by atoms with E-state index in [0.29, 0.717) is 31.0 Å². The molecule has 1 aromatic heterocycles. The van der Waals surface area contributed by atoms with E-state index in [1.165, 1.54) is 10.6 Å². The maximum Gasteiger partial charge on any atom is 0.257 e. The normalized spacial score (nSPS) is 17.8. The van der Waals surface area contributed by atoms with Crippen molar-refractivity contribution in [3.8, 4) is 5.75 Å². The van der Waals surface area contributed by atoms with Gasteiger partial charge in [0.15, 0.2) is 12.0 Å². The van der Waals surface area contributed by atoms with Gasteiger partial charge in [-0.2, -0.15) is 0 Å². The number of aldehydes is 1. The van der Waals surface area contributed by atoms with Gasteiger partial charge in [0.1, 0.15) is 22.9 Å². The summed E-state index contributed by atoms with van der Waals surface area (Å²) in [5, 5.41) is 15.8. The first-order valence-electron chi connectivity index (χ1n) is 9.22. The lowest BCUT2D eigenvalue weighted by Gasteiger charge is -2.19. The van der Waals surface area contributed by atoms with Gasteiger partial charge in [-0.25, -0.2) is 8.78 Å². The first kappa shape index (κ1) is 20.7. The molecule has 154 valence electrons. The molecule has 0 bridgehead atoms. The zero-order valence-corrected chi connectivity index (χ0v) is 16.0. The Kier molecular flexibility index (Phi) is 5.78. The number of benzene rings is 1. The van der Waals surface area contributed by atoms with Crippen molar-refractivity contribution >= 4 is 12.2 Å². The van der Waals surface area contributed by atoms with Gasteiger partial charge < -0.3 is 20.3 Å². The number of aromatic nitrogens is 1. The molecule has 2 atom stereocenters. The SMILES string of the molecule is CCN[C@@H]1C[C@H](C)n2c(C=O)c(O)c(=O)c(C(=O)NCc3ccc(F)cc3F)c21. The molecule has 1 aromatic carbocycles. The highest BCUT2D eigenvalue weighted by molar-refractivity contribution is 5.97. The van der Waals surface area contributed by atoms with Crippen molar-refractivity contribution in [1.29, 1.82) is 0 Å². The predicted octanol–water partition coefficient (Wildman–Crippen LogP) is 2.19. The quantitative estimate of drug-likeness (QED) is 0.640. The van der Waals surface area contributed by atoms with Crippen LogP contribution in [-0.4, -0.2) is 28.4 Å². The summed E-state index contributed by atoms with van der Waals surface area (Å²) in [6.45, 7) is 3.96. The van der Waals surface area contributed by atoms with E-state index in [0.717, 1.165) is 6.07 Å². The molecule has 2 aromatic rings. The zero-order valence-electron chi connectivity index (χ0n) is 16.0. The van der Waals surface area contributed by atoms with Crippen LogP contribution in [0.2, 0.25) is 0 Å². The molecule has 0 saturated carbocycles. The molecule has 9 heteroatoms. The Morgan fingerprint density at radius 2 is 2.10 bits per heavy atom. The summed E-state index contributed by atoms with van der Waals surface area (Å²) in [5.41, 5.74) is -1.10. The van der Waals surface area contributed by atoms with E-state index in [2.05, 4.69) is 10.6 Å². The molecule has 3 rings (SSSR count). The van der Waals surface area contributed by atoms with E-state index < -0.39 is 28.7 Å². The third kappa shape index (κ3) is 3.65. The number of nitrogens with one attached hydrogen (secondary N) is 2. The van der Waals surface area contributed by atoms with E-state index in [9.17, 15) is 28.3 Å². The summed E-state index contributed by atoms with van der Waals surface area (Å²) in [5.74, 6) is -3.19. The van der Waals surface area contributed by atoms with Gasteiger partial charge in [0.25, 0.3) is 5.91 Å². The van der Waals surface area contributed by atoms with Crippen LogP contribution in [0.25, 0.3) is 0 Å². The number of nitrogens with zero attached hydrogens (tertiary/aromatic N) is 1. The largest absolute Gasteiger partial charge is 0.503 e. The number of rotatable bonds is 6. The van der Waals surface area contributed by atoms with Crippen molar-refractivity contribution in [3.63, 3.8) is 0 Å². The number of halogens is 2. The molecule has 3 N–H and O–H groups in total. The molecular formula is C20H21F2N3O4. The van der Waals surface area contributed by atoms with Crippen molar-refractivity contribution in [2.24, 2.45) is 0 Å². The molecule has 0 spiro atoms. The van der Waals surface area contributed by atoms with E-state index >= 15 is 0 Å². The van der Waals surface area contributed by atoms with Gasteiger partial charge in [-0.3, -0.25) is 14.4 Å². The van der Waals surface area contributed by atoms with E-state index in [1.807, 2.05) is 13.8 Å². The van der Waals surface area contributed by atoms with Gasteiger partial charge in [0.05, 0.1) is 11.7 Å². The second kappa shape index (κ2) is 8.12. The first-order chi connectivity index (χ1) is 13.8. The van der Waals surface area contributed by atoms with Crippen molar-refractivity contribution in [2.45, 2.75) is 38.9 Å². The average Bonchev–Trinajstić information content (AvgIpc) is 2.98. The fourth-order valence-corrected chi connectivity index (χ4v) is 3.78. The molecule has 0 aliphatic carbocycles. The van der Waals surface area contributed by atoms with E-state index in [-0.39, 0.29) is 35.4 Å². The van der Waals surface area contributed by atoms with E-state index in [4.69, 9.17) is 0 Å². The molecule has 1 aliphatic rings. The number of aromatic hydroxyl groups is 1. The highest BCUT2D eigenvalue weighted by Gasteiger charge is 2.37. The molecule has 1 aliphatic heterocycles. The third-order valence-electron chi connectivity index (χ3n) is 5.05. The van der Waals surface area contributed by atoms with Crippen LogP contribution < -0.4 is 16.1 Å². The minimum Gasteiger partial charge on any atom is -0.503 e. The number of hydrogen-bond donors (Lipinski definition) is 3. The van der Waals surface area contributed by atoms with Gasteiger partial charge in [0.2, 0.25) is 5.43 Å². The maximum atomic E-state index is 13.8. The van der Waals surface area contributed by atoms with Crippen LogP contribution in [0, 0.1) is 11.6 Å². The lowest BCUT2D eigenvalue weighted by atomic mass is 10.0. The van der Waals surface area contributed by atoms with Gasteiger partial charge in [-0.15, -0.1) is 0 Å². The molecular weight excluding hydrogens is 384 g/mol. The predicted molar refractivity (Wildman–Crippen MR) is 101 cm³/mol. The Morgan fingerprint density at radius 1 is 1.38 bits per heavy atom. The van der Waals surface area contributed by atoms with Crippen LogP contribution in [0.1, 0.15) is 64.5 Å². The minimum absolute atomic E-state index is 0.0434. The van der Waals surface area contributed by atoms with Gasteiger partial charge in [-0.1, -0.05) is 13.0 Å². The summed E-state index contributed by atoms with van der Waals surface area (Å²) in [6.07, 6.45) is 0.908. The summed E-state index contributed by atoms with van der Waals surface area (Å²) < 4.78 is 28.4. The van der Waals surface area contributed by atoms with Crippen molar-refractivity contribution in [2.75, 3.05) is 6.54 Å². The maximum absolute atomic E-state index is 13.8. The Labute approximate surface area is 165 Å². The van der Waals surface area contributed by atoms with Crippen LogP contribution in [0.5, 0.6) is 5.75 Å². The topological polar surface area (TPSA) is 100 Å². The van der Waals surface area contributed by atoms with Crippen LogP contribution in [0.3, 0.4) is 0 Å². The second-order valence-electron chi connectivity index (χ2n) is 6.92. The smallest absolute Gasteiger partial charge is 0.257 e. The number of amides is 1. The number of hydrogen-bond acceptors (Lipinski definition) is 5. The Morgan fingerprint density at radius 3 is 2.72 bits per heavy atom.